The molecular weight excluding hydrogens is 352 g/mol. The Morgan fingerprint density at radius 1 is 0.828 bits per heavy atom. The number of benzene rings is 2. The van der Waals surface area contributed by atoms with Crippen molar-refractivity contribution in [3.8, 4) is 0 Å². The number of rotatable bonds is 6. The van der Waals surface area contributed by atoms with E-state index in [2.05, 4.69) is 61.7 Å². The van der Waals surface area contributed by atoms with Crippen LogP contribution in [0.3, 0.4) is 0 Å². The Bertz CT molecular complexity index is 837. The quantitative estimate of drug-likeness (QED) is 0.574. The first-order valence-electron chi connectivity index (χ1n) is 10.8. The molecule has 1 saturated carbocycles. The first-order chi connectivity index (χ1) is 13.7. The molecule has 0 atom stereocenters. The van der Waals surface area contributed by atoms with Crippen molar-refractivity contribution < 1.29 is 0 Å². The van der Waals surface area contributed by atoms with E-state index < -0.39 is 11.1 Å². The zero-order chi connectivity index (χ0) is 21.2. The van der Waals surface area contributed by atoms with Crippen LogP contribution in [0.25, 0.3) is 11.1 Å². The van der Waals surface area contributed by atoms with Crippen molar-refractivity contribution in [1.82, 2.24) is 0 Å². The lowest BCUT2D eigenvalue weighted by molar-refractivity contribution is 0.152. The van der Waals surface area contributed by atoms with E-state index in [9.17, 15) is 0 Å². The summed E-state index contributed by atoms with van der Waals surface area (Å²) in [5.41, 5.74) is 19.2. The highest BCUT2D eigenvalue weighted by atomic mass is 15.0. The molecule has 1 fully saturated rings. The average molecular weight is 389 g/mol. The lowest BCUT2D eigenvalue weighted by Gasteiger charge is -2.52. The molecule has 2 aromatic rings. The van der Waals surface area contributed by atoms with Gasteiger partial charge in [-0.15, -0.1) is 0 Å². The van der Waals surface area contributed by atoms with Crippen molar-refractivity contribution in [3.05, 3.63) is 83.9 Å². The molecular formula is C27H36N2. The summed E-state index contributed by atoms with van der Waals surface area (Å²) in [6.07, 6.45) is 6.01. The maximum Gasteiger partial charge on any atom is 0.0751 e. The Morgan fingerprint density at radius 3 is 1.66 bits per heavy atom. The molecule has 0 unspecified atom stereocenters. The Morgan fingerprint density at radius 2 is 1.28 bits per heavy atom. The van der Waals surface area contributed by atoms with Crippen molar-refractivity contribution in [2.45, 2.75) is 64.0 Å². The molecule has 1 aliphatic rings. The summed E-state index contributed by atoms with van der Waals surface area (Å²) in [6, 6.07) is 17.4. The van der Waals surface area contributed by atoms with E-state index in [4.69, 9.17) is 11.5 Å². The van der Waals surface area contributed by atoms with Gasteiger partial charge in [0.25, 0.3) is 0 Å². The molecule has 1 aliphatic carbocycles. The first kappa shape index (κ1) is 21.5. The van der Waals surface area contributed by atoms with Gasteiger partial charge in [0.15, 0.2) is 0 Å². The van der Waals surface area contributed by atoms with Gasteiger partial charge in [0.05, 0.1) is 11.1 Å². The van der Waals surface area contributed by atoms with Crippen LogP contribution in [0.15, 0.2) is 61.7 Å². The van der Waals surface area contributed by atoms with E-state index in [1.54, 1.807) is 0 Å². The highest BCUT2D eigenvalue weighted by Gasteiger charge is 2.52. The van der Waals surface area contributed by atoms with Crippen molar-refractivity contribution in [2.24, 2.45) is 17.4 Å². The molecule has 0 saturated heterocycles. The van der Waals surface area contributed by atoms with Gasteiger partial charge in [-0.25, -0.2) is 0 Å². The van der Waals surface area contributed by atoms with Crippen molar-refractivity contribution in [2.75, 3.05) is 0 Å². The minimum absolute atomic E-state index is 0.386. The minimum atomic E-state index is -0.920. The fourth-order valence-electron chi connectivity index (χ4n) is 5.30. The molecule has 0 radical (unpaired) electrons. The van der Waals surface area contributed by atoms with Crippen LogP contribution in [0.4, 0.5) is 0 Å². The third-order valence-electron chi connectivity index (χ3n) is 6.69. The van der Waals surface area contributed by atoms with Crippen molar-refractivity contribution in [3.63, 3.8) is 0 Å². The molecule has 29 heavy (non-hydrogen) atoms. The fourth-order valence-corrected chi connectivity index (χ4v) is 5.30. The van der Waals surface area contributed by atoms with E-state index in [1.165, 1.54) is 30.4 Å². The third-order valence-corrected chi connectivity index (χ3v) is 6.69. The lowest BCUT2D eigenvalue weighted by Crippen LogP contribution is -2.66. The van der Waals surface area contributed by atoms with Gasteiger partial charge in [-0.1, -0.05) is 92.1 Å². The van der Waals surface area contributed by atoms with Gasteiger partial charge in [0.1, 0.15) is 0 Å². The molecule has 0 heterocycles. The van der Waals surface area contributed by atoms with E-state index in [1.807, 2.05) is 20.8 Å². The zero-order valence-corrected chi connectivity index (χ0v) is 18.3. The minimum Gasteiger partial charge on any atom is -0.313 e. The monoisotopic (exact) mass is 388 g/mol. The molecule has 0 aromatic heterocycles. The second-order valence-electron chi connectivity index (χ2n) is 9.15. The Kier molecular flexibility index (Phi) is 6.16. The Balaban J connectivity index is 2.35. The zero-order valence-electron chi connectivity index (χ0n) is 18.3. The summed E-state index contributed by atoms with van der Waals surface area (Å²) in [7, 11) is 0. The Labute approximate surface area is 176 Å². The molecule has 3 rings (SSSR count). The topological polar surface area (TPSA) is 52.0 Å². The van der Waals surface area contributed by atoms with Crippen LogP contribution in [0.2, 0.25) is 0 Å². The molecule has 0 amide bonds. The van der Waals surface area contributed by atoms with Crippen LogP contribution in [0.5, 0.6) is 0 Å². The third kappa shape index (κ3) is 3.97. The summed E-state index contributed by atoms with van der Waals surface area (Å²) in [4.78, 5) is 0. The summed E-state index contributed by atoms with van der Waals surface area (Å²) < 4.78 is 0. The smallest absolute Gasteiger partial charge is 0.0751 e. The van der Waals surface area contributed by atoms with Gasteiger partial charge in [-0.2, -0.15) is 0 Å². The summed E-state index contributed by atoms with van der Waals surface area (Å²) in [5, 5.41) is 0. The van der Waals surface area contributed by atoms with Crippen LogP contribution >= 0.6 is 0 Å². The number of allylic oxidation sites excluding steroid dienone is 2. The average Bonchev–Trinajstić information content (AvgIpc) is 2.69. The van der Waals surface area contributed by atoms with Crippen molar-refractivity contribution >= 4 is 11.1 Å². The van der Waals surface area contributed by atoms with E-state index in [0.717, 1.165) is 35.1 Å². The molecule has 2 nitrogen and oxygen atoms in total. The number of hydrogen-bond acceptors (Lipinski definition) is 2. The second kappa shape index (κ2) is 8.30. The predicted octanol–water partition coefficient (Wildman–Crippen LogP) is 6.25. The fraction of sp³-hybridized carbons (Fsp3) is 0.407. The largest absolute Gasteiger partial charge is 0.313 e. The highest BCUT2D eigenvalue weighted by molar-refractivity contribution is 5.65. The van der Waals surface area contributed by atoms with Crippen LogP contribution in [0.1, 0.15) is 75.1 Å². The van der Waals surface area contributed by atoms with Crippen LogP contribution in [0, 0.1) is 5.92 Å². The molecule has 0 bridgehead atoms. The van der Waals surface area contributed by atoms with Gasteiger partial charge in [-0.3, -0.25) is 0 Å². The standard InChI is InChI=1S/C27H36N2/c1-19(2)21-11-9-15-24(17-21)27(26(5,28)29,23-13-7-6-8-14-23)25-16-10-12-22(18-25)20(3)4/h9-12,15-18,23H,1,3,6-8,13-14,28-29H2,2,4-5H3. The second-order valence-corrected chi connectivity index (χ2v) is 9.15. The molecule has 154 valence electrons. The summed E-state index contributed by atoms with van der Waals surface area (Å²) in [6.45, 7) is 14.4. The van der Waals surface area contributed by atoms with Crippen molar-refractivity contribution in [1.29, 1.82) is 0 Å². The van der Waals surface area contributed by atoms with Gasteiger partial charge >= 0.3 is 0 Å². The van der Waals surface area contributed by atoms with E-state index >= 15 is 0 Å². The number of nitrogens with two attached hydrogens (primary N) is 2. The van der Waals surface area contributed by atoms with Crippen LogP contribution < -0.4 is 11.5 Å². The van der Waals surface area contributed by atoms with E-state index in [-0.39, 0.29) is 0 Å². The SMILES string of the molecule is C=C(C)c1cccc(C(c2cccc(C(=C)C)c2)(C2CCCCC2)C(C)(N)N)c1. The van der Waals surface area contributed by atoms with Crippen LogP contribution in [-0.2, 0) is 5.41 Å². The molecule has 0 aliphatic heterocycles. The molecule has 2 heteroatoms. The molecule has 2 aromatic carbocycles. The van der Waals surface area contributed by atoms with Gasteiger partial charge < -0.3 is 11.5 Å². The Hall–Kier alpha value is -2.16. The highest BCUT2D eigenvalue weighted by Crippen LogP contribution is 2.50. The maximum absolute atomic E-state index is 6.89. The summed E-state index contributed by atoms with van der Waals surface area (Å²) >= 11 is 0. The van der Waals surface area contributed by atoms with E-state index in [0.29, 0.717) is 5.92 Å². The lowest BCUT2D eigenvalue weighted by atomic mass is 9.55. The van der Waals surface area contributed by atoms with Gasteiger partial charge in [-0.05, 0) is 61.8 Å². The van der Waals surface area contributed by atoms with Gasteiger partial charge in [0, 0.05) is 0 Å². The first-order valence-corrected chi connectivity index (χ1v) is 10.8. The molecule has 4 N–H and O–H groups in total. The maximum atomic E-state index is 6.89. The summed E-state index contributed by atoms with van der Waals surface area (Å²) in [5.74, 6) is 0.386. The van der Waals surface area contributed by atoms with Crippen LogP contribution in [-0.4, -0.2) is 5.66 Å². The molecule has 0 spiro atoms. The number of hydrogen-bond donors (Lipinski definition) is 2. The normalized spacial score (nSPS) is 15.9. The predicted molar refractivity (Wildman–Crippen MR) is 126 cm³/mol. The van der Waals surface area contributed by atoms with Gasteiger partial charge in [0.2, 0.25) is 0 Å².